The van der Waals surface area contributed by atoms with Gasteiger partial charge in [0.25, 0.3) is 11.6 Å². The zero-order valence-corrected chi connectivity index (χ0v) is 14.5. The van der Waals surface area contributed by atoms with Crippen LogP contribution in [0.5, 0.6) is 0 Å². The van der Waals surface area contributed by atoms with Gasteiger partial charge in [0.15, 0.2) is 0 Å². The molecule has 0 aromatic heterocycles. The number of halogens is 5. The Morgan fingerprint density at radius 3 is 2.15 bits per heavy atom. The molecule has 0 spiro atoms. The number of benzene rings is 1. The Bertz CT molecular complexity index is 684. The van der Waals surface area contributed by atoms with Crippen molar-refractivity contribution in [1.82, 2.24) is 10.2 Å². The standard InChI is InChI=1S/C17H19F5N2O3/c1-2-27-15(26)16(17(20,21)22,24-9-4-3-5-10-24)23-14(25)13-11(18)7-6-8-12(13)19/h6-8H,2-5,9-10H2,1H3,(H,23,25). The quantitative estimate of drug-likeness (QED) is 0.616. The molecule has 1 aromatic carbocycles. The number of esters is 1. The lowest BCUT2D eigenvalue weighted by molar-refractivity contribution is -0.248. The predicted octanol–water partition coefficient (Wildman–Crippen LogP) is 3.00. The van der Waals surface area contributed by atoms with E-state index in [0.717, 1.165) is 23.1 Å². The lowest BCUT2D eigenvalue weighted by atomic mass is 10.0. The lowest BCUT2D eigenvalue weighted by Gasteiger charge is -2.44. The highest BCUT2D eigenvalue weighted by Gasteiger charge is 2.66. The summed E-state index contributed by atoms with van der Waals surface area (Å²) in [6.45, 7) is 0.665. The maximum absolute atomic E-state index is 14.1. The summed E-state index contributed by atoms with van der Waals surface area (Å²) < 4.78 is 74.5. The third-order valence-electron chi connectivity index (χ3n) is 4.30. The van der Waals surface area contributed by atoms with Gasteiger partial charge in [0.05, 0.1) is 6.61 Å². The summed E-state index contributed by atoms with van der Waals surface area (Å²) in [6, 6.07) is 2.44. The summed E-state index contributed by atoms with van der Waals surface area (Å²) in [5.74, 6) is -6.12. The van der Waals surface area contributed by atoms with Crippen LogP contribution in [0.25, 0.3) is 0 Å². The van der Waals surface area contributed by atoms with Crippen LogP contribution in [-0.4, -0.2) is 48.3 Å². The normalized spacial score (nSPS) is 17.9. The number of ether oxygens (including phenoxy) is 1. The molecule has 0 radical (unpaired) electrons. The highest BCUT2D eigenvalue weighted by atomic mass is 19.4. The van der Waals surface area contributed by atoms with Crippen molar-refractivity contribution in [2.75, 3.05) is 19.7 Å². The molecule has 0 aliphatic carbocycles. The molecule has 1 amide bonds. The van der Waals surface area contributed by atoms with Gasteiger partial charge in [-0.3, -0.25) is 9.69 Å². The molecule has 10 heteroatoms. The van der Waals surface area contributed by atoms with Gasteiger partial charge in [0.2, 0.25) is 0 Å². The molecule has 5 nitrogen and oxygen atoms in total. The van der Waals surface area contributed by atoms with E-state index in [0.29, 0.717) is 19.3 Å². The molecule has 27 heavy (non-hydrogen) atoms. The van der Waals surface area contributed by atoms with Gasteiger partial charge in [0.1, 0.15) is 17.2 Å². The van der Waals surface area contributed by atoms with Gasteiger partial charge < -0.3 is 10.1 Å². The minimum atomic E-state index is -5.28. The van der Waals surface area contributed by atoms with Crippen LogP contribution in [0.1, 0.15) is 36.5 Å². The molecular formula is C17H19F5N2O3. The Morgan fingerprint density at radius 2 is 1.67 bits per heavy atom. The number of carbonyl (C=O) groups is 2. The van der Waals surface area contributed by atoms with Crippen molar-refractivity contribution in [2.24, 2.45) is 0 Å². The van der Waals surface area contributed by atoms with E-state index in [2.05, 4.69) is 4.74 Å². The van der Waals surface area contributed by atoms with Crippen LogP contribution in [0, 0.1) is 11.6 Å². The average Bonchev–Trinajstić information content (AvgIpc) is 2.59. The number of carbonyl (C=O) groups excluding carboxylic acids is 2. The van der Waals surface area contributed by atoms with E-state index in [1.165, 1.54) is 12.2 Å². The number of rotatable bonds is 5. The topological polar surface area (TPSA) is 58.6 Å². The molecule has 2 rings (SSSR count). The summed E-state index contributed by atoms with van der Waals surface area (Å²) in [5, 5.41) is 1.53. The Morgan fingerprint density at radius 1 is 1.11 bits per heavy atom. The second-order valence-corrected chi connectivity index (χ2v) is 6.03. The fourth-order valence-electron chi connectivity index (χ4n) is 3.03. The molecule has 1 heterocycles. The van der Waals surface area contributed by atoms with E-state index in [1.54, 1.807) is 0 Å². The van der Waals surface area contributed by atoms with Crippen molar-refractivity contribution in [3.05, 3.63) is 35.4 Å². The van der Waals surface area contributed by atoms with E-state index in [1.807, 2.05) is 0 Å². The Balaban J connectivity index is 2.53. The largest absolute Gasteiger partial charge is 0.463 e. The molecule has 1 unspecified atom stereocenters. The molecule has 0 saturated carbocycles. The van der Waals surface area contributed by atoms with Gasteiger partial charge in [-0.05, 0) is 31.9 Å². The molecule has 1 aliphatic rings. The zero-order chi connectivity index (χ0) is 20.2. The first-order valence-electron chi connectivity index (χ1n) is 8.40. The first-order chi connectivity index (χ1) is 12.6. The highest BCUT2D eigenvalue weighted by molar-refractivity contribution is 5.98. The highest BCUT2D eigenvalue weighted by Crippen LogP contribution is 2.37. The fourth-order valence-corrected chi connectivity index (χ4v) is 3.03. The Hall–Kier alpha value is -2.23. The van der Waals surface area contributed by atoms with Crippen LogP contribution in [0.2, 0.25) is 0 Å². The number of amides is 1. The molecule has 1 aromatic rings. The van der Waals surface area contributed by atoms with Crippen molar-refractivity contribution >= 4 is 11.9 Å². The molecular weight excluding hydrogens is 375 g/mol. The number of hydrogen-bond donors (Lipinski definition) is 1. The van der Waals surface area contributed by atoms with Crippen molar-refractivity contribution < 1.29 is 36.3 Å². The van der Waals surface area contributed by atoms with E-state index >= 15 is 0 Å². The van der Waals surface area contributed by atoms with Gasteiger partial charge in [-0.1, -0.05) is 12.5 Å². The maximum atomic E-state index is 14.1. The second kappa shape index (κ2) is 8.20. The number of alkyl halides is 3. The summed E-state index contributed by atoms with van der Waals surface area (Å²) in [4.78, 5) is 25.5. The van der Waals surface area contributed by atoms with Crippen LogP contribution in [-0.2, 0) is 9.53 Å². The molecule has 1 fully saturated rings. The van der Waals surface area contributed by atoms with E-state index in [4.69, 9.17) is 0 Å². The Kier molecular flexibility index (Phi) is 6.40. The monoisotopic (exact) mass is 394 g/mol. The minimum Gasteiger partial charge on any atom is -0.463 e. The molecule has 1 atom stereocenters. The lowest BCUT2D eigenvalue weighted by Crippen LogP contribution is -2.74. The smallest absolute Gasteiger partial charge is 0.436 e. The van der Waals surface area contributed by atoms with Crippen molar-refractivity contribution in [1.29, 1.82) is 0 Å². The minimum absolute atomic E-state index is 0.141. The number of piperidine rings is 1. The van der Waals surface area contributed by atoms with Crippen LogP contribution < -0.4 is 5.32 Å². The van der Waals surface area contributed by atoms with E-state index in [9.17, 15) is 31.5 Å². The summed E-state index contributed by atoms with van der Waals surface area (Å²) in [7, 11) is 0. The number of nitrogens with zero attached hydrogens (tertiary/aromatic N) is 1. The summed E-state index contributed by atoms with van der Waals surface area (Å²) in [5.41, 5.74) is -4.73. The third-order valence-corrected chi connectivity index (χ3v) is 4.30. The van der Waals surface area contributed by atoms with Crippen molar-refractivity contribution in [3.8, 4) is 0 Å². The molecule has 1 N–H and O–H groups in total. The van der Waals surface area contributed by atoms with Crippen LogP contribution >= 0.6 is 0 Å². The van der Waals surface area contributed by atoms with Gasteiger partial charge in [-0.15, -0.1) is 0 Å². The SMILES string of the molecule is CCOC(=O)C(NC(=O)c1c(F)cccc1F)(N1CCCCC1)C(F)(F)F. The van der Waals surface area contributed by atoms with Gasteiger partial charge in [0, 0.05) is 13.1 Å². The summed E-state index contributed by atoms with van der Waals surface area (Å²) >= 11 is 0. The second-order valence-electron chi connectivity index (χ2n) is 6.03. The van der Waals surface area contributed by atoms with Crippen LogP contribution in [0.15, 0.2) is 18.2 Å². The van der Waals surface area contributed by atoms with E-state index < -0.39 is 40.9 Å². The van der Waals surface area contributed by atoms with E-state index in [-0.39, 0.29) is 19.7 Å². The third kappa shape index (κ3) is 4.05. The summed E-state index contributed by atoms with van der Waals surface area (Å²) in [6.07, 6.45) is -3.90. The zero-order valence-electron chi connectivity index (χ0n) is 14.5. The van der Waals surface area contributed by atoms with Crippen LogP contribution in [0.3, 0.4) is 0 Å². The first-order valence-corrected chi connectivity index (χ1v) is 8.40. The molecule has 1 saturated heterocycles. The molecule has 1 aliphatic heterocycles. The predicted molar refractivity (Wildman–Crippen MR) is 84.7 cm³/mol. The fraction of sp³-hybridized carbons (Fsp3) is 0.529. The van der Waals surface area contributed by atoms with Gasteiger partial charge >= 0.3 is 12.1 Å². The average molecular weight is 394 g/mol. The molecule has 0 bridgehead atoms. The maximum Gasteiger partial charge on any atom is 0.436 e. The molecule has 150 valence electrons. The first kappa shape index (κ1) is 21.1. The number of hydrogen-bond acceptors (Lipinski definition) is 4. The van der Waals surface area contributed by atoms with Gasteiger partial charge in [-0.2, -0.15) is 13.2 Å². The Labute approximate surface area is 152 Å². The van der Waals surface area contributed by atoms with Crippen molar-refractivity contribution in [2.45, 2.75) is 38.0 Å². The van der Waals surface area contributed by atoms with Crippen LogP contribution in [0.4, 0.5) is 22.0 Å². The number of likely N-dealkylation sites (tertiary alicyclic amines) is 1. The van der Waals surface area contributed by atoms with Crippen molar-refractivity contribution in [3.63, 3.8) is 0 Å². The van der Waals surface area contributed by atoms with Gasteiger partial charge in [-0.25, -0.2) is 13.6 Å². The number of nitrogens with one attached hydrogen (secondary N) is 1.